The lowest BCUT2D eigenvalue weighted by Crippen LogP contribution is -1.98. The second-order valence-electron chi connectivity index (χ2n) is 4.61. The predicted molar refractivity (Wildman–Crippen MR) is 87.5 cm³/mol. The maximum Gasteiger partial charge on any atom is 0.127 e. The Morgan fingerprint density at radius 2 is 1.90 bits per heavy atom. The van der Waals surface area contributed by atoms with E-state index in [4.69, 9.17) is 39.5 Å². The number of rotatable bonds is 2. The van der Waals surface area contributed by atoms with Crippen LogP contribution in [0.4, 0.5) is 0 Å². The van der Waals surface area contributed by atoms with Crippen LogP contribution in [0.1, 0.15) is 22.1 Å². The molecule has 0 fully saturated rings. The minimum atomic E-state index is -0.388. The van der Waals surface area contributed by atoms with E-state index in [1.54, 1.807) is 0 Å². The fraction of sp³-hybridized carbons (Fsp3) is 0.200. The lowest BCUT2D eigenvalue weighted by Gasteiger charge is -2.16. The Bertz CT molecular complexity index is 672. The minimum absolute atomic E-state index is 0.388. The zero-order valence-electron chi connectivity index (χ0n) is 10.3. The number of alkyl halides is 1. The molecular weight excluding hydrogens is 382 g/mol. The number of hydrogen-bond donors (Lipinski definition) is 0. The average molecular weight is 393 g/mol. The van der Waals surface area contributed by atoms with Crippen molar-refractivity contribution in [3.05, 3.63) is 61.5 Å². The van der Waals surface area contributed by atoms with Crippen molar-refractivity contribution >= 4 is 50.7 Å². The third kappa shape index (κ3) is 2.67. The van der Waals surface area contributed by atoms with Gasteiger partial charge in [-0.15, -0.1) is 11.6 Å². The molecule has 1 aliphatic heterocycles. The second-order valence-corrected chi connectivity index (χ2v) is 6.81. The van der Waals surface area contributed by atoms with Crippen molar-refractivity contribution < 1.29 is 4.74 Å². The first-order chi connectivity index (χ1) is 9.56. The summed E-state index contributed by atoms with van der Waals surface area (Å²) in [6, 6.07) is 9.44. The van der Waals surface area contributed by atoms with E-state index < -0.39 is 0 Å². The summed E-state index contributed by atoms with van der Waals surface area (Å²) < 4.78 is 6.61. The van der Waals surface area contributed by atoms with Gasteiger partial charge in [-0.1, -0.05) is 45.2 Å². The molecule has 1 aliphatic rings. The van der Waals surface area contributed by atoms with Crippen LogP contribution in [0.15, 0.2) is 34.8 Å². The molecule has 104 valence electrons. The molecular formula is C15H10BrCl3O. The molecule has 1 atom stereocenters. The van der Waals surface area contributed by atoms with Crippen molar-refractivity contribution in [3.8, 4) is 5.75 Å². The highest BCUT2D eigenvalue weighted by Crippen LogP contribution is 2.43. The molecule has 0 aliphatic carbocycles. The monoisotopic (exact) mass is 390 g/mol. The van der Waals surface area contributed by atoms with Gasteiger partial charge >= 0.3 is 0 Å². The molecule has 5 heteroatoms. The molecule has 1 nitrogen and oxygen atoms in total. The van der Waals surface area contributed by atoms with E-state index >= 15 is 0 Å². The van der Waals surface area contributed by atoms with Crippen LogP contribution in [0.5, 0.6) is 5.75 Å². The fourth-order valence-corrected chi connectivity index (χ4v) is 3.80. The maximum absolute atomic E-state index is 6.61. The molecule has 20 heavy (non-hydrogen) atoms. The number of benzene rings is 2. The molecule has 0 N–H and O–H groups in total. The molecule has 0 aromatic heterocycles. The average Bonchev–Trinajstić information content (AvgIpc) is 2.85. The molecule has 0 spiro atoms. The third-order valence-corrected chi connectivity index (χ3v) is 4.79. The highest BCUT2D eigenvalue weighted by atomic mass is 79.9. The Morgan fingerprint density at radius 1 is 1.10 bits per heavy atom. The van der Waals surface area contributed by atoms with Gasteiger partial charge in [-0.25, -0.2) is 0 Å². The van der Waals surface area contributed by atoms with Crippen LogP contribution in [-0.4, -0.2) is 6.61 Å². The van der Waals surface area contributed by atoms with Gasteiger partial charge < -0.3 is 4.74 Å². The lowest BCUT2D eigenvalue weighted by molar-refractivity contribution is 0.353. The van der Waals surface area contributed by atoms with E-state index in [0.717, 1.165) is 33.3 Å². The SMILES string of the molecule is Clc1cc2c(c(C(Cl)c3ccc(Br)cc3Cl)c1)OCC2. The second kappa shape index (κ2) is 5.76. The highest BCUT2D eigenvalue weighted by molar-refractivity contribution is 9.10. The van der Waals surface area contributed by atoms with Gasteiger partial charge in [0.15, 0.2) is 0 Å². The summed E-state index contributed by atoms with van der Waals surface area (Å²) in [5.41, 5.74) is 2.82. The zero-order valence-corrected chi connectivity index (χ0v) is 14.2. The summed E-state index contributed by atoms with van der Waals surface area (Å²) in [7, 11) is 0. The summed E-state index contributed by atoms with van der Waals surface area (Å²) >= 11 is 22.4. The molecule has 2 aromatic carbocycles. The van der Waals surface area contributed by atoms with Gasteiger partial charge in [-0.05, 0) is 35.4 Å². The number of fused-ring (bicyclic) bond motifs is 1. The Balaban J connectivity index is 2.09. The summed E-state index contributed by atoms with van der Waals surface area (Å²) in [6.07, 6.45) is 0.862. The molecule has 0 saturated carbocycles. The van der Waals surface area contributed by atoms with Crippen LogP contribution in [0.25, 0.3) is 0 Å². The normalized spacial score (nSPS) is 14.8. The summed E-state index contributed by atoms with van der Waals surface area (Å²) in [4.78, 5) is 0. The summed E-state index contributed by atoms with van der Waals surface area (Å²) in [6.45, 7) is 0.667. The van der Waals surface area contributed by atoms with E-state index in [0.29, 0.717) is 16.7 Å². The first-order valence-electron chi connectivity index (χ1n) is 6.10. The Morgan fingerprint density at radius 3 is 2.65 bits per heavy atom. The van der Waals surface area contributed by atoms with E-state index in [-0.39, 0.29) is 5.38 Å². The van der Waals surface area contributed by atoms with Gasteiger partial charge in [0.2, 0.25) is 0 Å². The predicted octanol–water partition coefficient (Wildman–Crippen LogP) is 6.02. The van der Waals surface area contributed by atoms with Gasteiger partial charge in [0.1, 0.15) is 5.75 Å². The largest absolute Gasteiger partial charge is 0.493 e. The minimum Gasteiger partial charge on any atom is -0.493 e. The third-order valence-electron chi connectivity index (χ3n) is 3.29. The van der Waals surface area contributed by atoms with Gasteiger partial charge in [0.25, 0.3) is 0 Å². The molecule has 1 unspecified atom stereocenters. The van der Waals surface area contributed by atoms with E-state index in [1.807, 2.05) is 30.3 Å². The molecule has 1 heterocycles. The molecule has 0 amide bonds. The van der Waals surface area contributed by atoms with E-state index in [2.05, 4.69) is 15.9 Å². The lowest BCUT2D eigenvalue weighted by atomic mass is 10.0. The van der Waals surface area contributed by atoms with Crippen molar-refractivity contribution in [2.45, 2.75) is 11.8 Å². The van der Waals surface area contributed by atoms with Crippen molar-refractivity contribution in [1.29, 1.82) is 0 Å². The van der Waals surface area contributed by atoms with Gasteiger partial charge in [0, 0.05) is 26.5 Å². The van der Waals surface area contributed by atoms with Gasteiger partial charge in [-0.2, -0.15) is 0 Å². The zero-order chi connectivity index (χ0) is 14.3. The van der Waals surface area contributed by atoms with Gasteiger partial charge in [-0.3, -0.25) is 0 Å². The number of ether oxygens (including phenoxy) is 1. The van der Waals surface area contributed by atoms with E-state index in [1.165, 1.54) is 0 Å². The molecule has 0 saturated heterocycles. The Kier molecular flexibility index (Phi) is 4.19. The molecule has 3 rings (SSSR count). The van der Waals surface area contributed by atoms with E-state index in [9.17, 15) is 0 Å². The van der Waals surface area contributed by atoms with Crippen LogP contribution in [0.3, 0.4) is 0 Å². The smallest absolute Gasteiger partial charge is 0.127 e. The van der Waals surface area contributed by atoms with Crippen LogP contribution in [0.2, 0.25) is 10.0 Å². The standard InChI is InChI=1S/C15H10BrCl3O/c16-9-1-2-11(13(18)6-9)14(19)12-7-10(17)5-8-3-4-20-15(8)12/h1-2,5-7,14H,3-4H2. The first-order valence-corrected chi connectivity index (χ1v) is 8.09. The molecule has 0 radical (unpaired) electrons. The molecule has 2 aromatic rings. The Hall–Kier alpha value is -0.410. The quantitative estimate of drug-likeness (QED) is 0.568. The fourth-order valence-electron chi connectivity index (χ4n) is 2.36. The van der Waals surface area contributed by atoms with Crippen molar-refractivity contribution in [3.63, 3.8) is 0 Å². The topological polar surface area (TPSA) is 9.23 Å². The van der Waals surface area contributed by atoms with Crippen LogP contribution in [-0.2, 0) is 6.42 Å². The van der Waals surface area contributed by atoms with Crippen LogP contribution < -0.4 is 4.74 Å². The maximum atomic E-state index is 6.61. The summed E-state index contributed by atoms with van der Waals surface area (Å²) in [5.74, 6) is 0.841. The van der Waals surface area contributed by atoms with Crippen LogP contribution in [0, 0.1) is 0 Å². The van der Waals surface area contributed by atoms with Crippen molar-refractivity contribution in [1.82, 2.24) is 0 Å². The number of halogens is 4. The first kappa shape index (κ1) is 14.5. The van der Waals surface area contributed by atoms with Crippen LogP contribution >= 0.6 is 50.7 Å². The van der Waals surface area contributed by atoms with Crippen molar-refractivity contribution in [2.24, 2.45) is 0 Å². The summed E-state index contributed by atoms with van der Waals surface area (Å²) in [5, 5.41) is 0.899. The Labute approximate surface area is 140 Å². The number of hydrogen-bond acceptors (Lipinski definition) is 1. The van der Waals surface area contributed by atoms with Gasteiger partial charge in [0.05, 0.1) is 12.0 Å². The van der Waals surface area contributed by atoms with Crippen molar-refractivity contribution in [2.75, 3.05) is 6.61 Å². The highest BCUT2D eigenvalue weighted by Gasteiger charge is 2.24. The molecule has 0 bridgehead atoms.